The third kappa shape index (κ3) is 4.05. The van der Waals surface area contributed by atoms with Crippen molar-refractivity contribution >= 4 is 11.5 Å². The number of ether oxygens (including phenoxy) is 1. The summed E-state index contributed by atoms with van der Waals surface area (Å²) in [6.07, 6.45) is -1.13. The van der Waals surface area contributed by atoms with Crippen LogP contribution in [0.5, 0.6) is 0 Å². The highest BCUT2D eigenvalue weighted by atomic mass is 19.4. The fourth-order valence-corrected chi connectivity index (χ4v) is 2.79. The standard InChI is InChI=1S/C18H16F4N4O3/c19-14-3-11(18(20,21)22)1-2-13(14)17(8-29-9-17)26-16(28)12(4-23)15-24-5-10(7-27)6-25-15/h1-6,27H,7-9,23H2,(H,26,28). The summed E-state index contributed by atoms with van der Waals surface area (Å²) in [5.41, 5.74) is 3.16. The summed E-state index contributed by atoms with van der Waals surface area (Å²) in [7, 11) is 0. The van der Waals surface area contributed by atoms with Gasteiger partial charge in [0.05, 0.1) is 31.0 Å². The second-order valence-electron chi connectivity index (χ2n) is 6.37. The number of nitrogens with two attached hydrogens (primary N) is 1. The van der Waals surface area contributed by atoms with E-state index in [-0.39, 0.29) is 36.8 Å². The number of halogens is 4. The normalized spacial score (nSPS) is 16.2. The molecule has 11 heteroatoms. The summed E-state index contributed by atoms with van der Waals surface area (Å²) >= 11 is 0. The molecule has 1 aliphatic rings. The number of carbonyl (C=O) groups is 1. The van der Waals surface area contributed by atoms with Gasteiger partial charge >= 0.3 is 6.18 Å². The number of rotatable bonds is 5. The number of amides is 1. The van der Waals surface area contributed by atoms with Crippen molar-refractivity contribution in [3.05, 3.63) is 65.1 Å². The minimum absolute atomic E-state index is 0.0366. The molecule has 0 saturated carbocycles. The van der Waals surface area contributed by atoms with Crippen LogP contribution < -0.4 is 11.1 Å². The fraction of sp³-hybridized carbons (Fsp3) is 0.278. The zero-order valence-corrected chi connectivity index (χ0v) is 14.8. The number of hydrogen-bond acceptors (Lipinski definition) is 6. The summed E-state index contributed by atoms with van der Waals surface area (Å²) in [4.78, 5) is 20.6. The highest BCUT2D eigenvalue weighted by Crippen LogP contribution is 2.36. The minimum atomic E-state index is -4.70. The van der Waals surface area contributed by atoms with Crippen LogP contribution in [0.2, 0.25) is 0 Å². The van der Waals surface area contributed by atoms with Crippen molar-refractivity contribution in [1.29, 1.82) is 0 Å². The molecule has 4 N–H and O–H groups in total. The first kappa shape index (κ1) is 20.7. The molecule has 0 aliphatic carbocycles. The lowest BCUT2D eigenvalue weighted by atomic mass is 9.86. The van der Waals surface area contributed by atoms with Gasteiger partial charge in [-0.15, -0.1) is 0 Å². The number of nitrogens with one attached hydrogen (secondary N) is 1. The summed E-state index contributed by atoms with van der Waals surface area (Å²) in [6.45, 7) is -0.561. The molecule has 2 aromatic rings. The summed E-state index contributed by atoms with van der Waals surface area (Å²) in [6, 6.07) is 2.08. The average molecular weight is 412 g/mol. The number of aromatic nitrogens is 2. The molecule has 0 unspecified atom stereocenters. The Kier molecular flexibility index (Phi) is 5.53. The van der Waals surface area contributed by atoms with Gasteiger partial charge in [-0.2, -0.15) is 13.2 Å². The smallest absolute Gasteiger partial charge is 0.404 e. The molecule has 1 aromatic heterocycles. The van der Waals surface area contributed by atoms with Crippen molar-refractivity contribution in [2.45, 2.75) is 18.3 Å². The van der Waals surface area contributed by atoms with Gasteiger partial charge in [0.1, 0.15) is 11.4 Å². The lowest BCUT2D eigenvalue weighted by Crippen LogP contribution is -2.60. The predicted molar refractivity (Wildman–Crippen MR) is 92.2 cm³/mol. The van der Waals surface area contributed by atoms with Crippen LogP contribution in [0.15, 0.2) is 36.8 Å². The van der Waals surface area contributed by atoms with E-state index < -0.39 is 29.0 Å². The van der Waals surface area contributed by atoms with Crippen LogP contribution in [0.25, 0.3) is 5.57 Å². The van der Waals surface area contributed by atoms with Crippen molar-refractivity contribution in [2.75, 3.05) is 13.2 Å². The van der Waals surface area contributed by atoms with Crippen LogP contribution >= 0.6 is 0 Å². The summed E-state index contributed by atoms with van der Waals surface area (Å²) in [5, 5.41) is 11.6. The molecular weight excluding hydrogens is 396 g/mol. The zero-order chi connectivity index (χ0) is 21.2. The Morgan fingerprint density at radius 1 is 1.31 bits per heavy atom. The Hall–Kier alpha value is -3.05. The highest BCUT2D eigenvalue weighted by Gasteiger charge is 2.45. The highest BCUT2D eigenvalue weighted by molar-refractivity contribution is 6.18. The second kappa shape index (κ2) is 7.76. The molecule has 1 saturated heterocycles. The van der Waals surface area contributed by atoms with Crippen LogP contribution in [0.3, 0.4) is 0 Å². The molecule has 0 spiro atoms. The SMILES string of the molecule is NC=C(C(=O)NC1(c2ccc(C(F)(F)F)cc2F)COC1)c1ncc(CO)cn1. The van der Waals surface area contributed by atoms with Crippen LogP contribution in [0.4, 0.5) is 17.6 Å². The molecule has 0 radical (unpaired) electrons. The number of alkyl halides is 3. The quantitative estimate of drug-likeness (QED) is 0.507. The third-order valence-electron chi connectivity index (χ3n) is 4.40. The number of benzene rings is 1. The third-order valence-corrected chi connectivity index (χ3v) is 4.40. The molecule has 1 amide bonds. The number of hydrogen-bond donors (Lipinski definition) is 3. The lowest BCUT2D eigenvalue weighted by Gasteiger charge is -2.42. The van der Waals surface area contributed by atoms with Gasteiger partial charge in [0.25, 0.3) is 5.91 Å². The zero-order valence-electron chi connectivity index (χ0n) is 14.8. The van der Waals surface area contributed by atoms with Gasteiger partial charge in [-0.25, -0.2) is 14.4 Å². The molecule has 1 aromatic carbocycles. The van der Waals surface area contributed by atoms with Gasteiger partial charge in [0, 0.05) is 29.7 Å². The maximum absolute atomic E-state index is 14.4. The van der Waals surface area contributed by atoms with E-state index in [1.165, 1.54) is 12.4 Å². The van der Waals surface area contributed by atoms with E-state index in [0.717, 1.165) is 18.3 Å². The Morgan fingerprint density at radius 3 is 2.41 bits per heavy atom. The van der Waals surface area contributed by atoms with E-state index >= 15 is 0 Å². The molecule has 0 bridgehead atoms. The number of carbonyl (C=O) groups excluding carboxylic acids is 1. The molecule has 29 heavy (non-hydrogen) atoms. The first-order valence-electron chi connectivity index (χ1n) is 8.32. The van der Waals surface area contributed by atoms with Gasteiger partial charge in [-0.3, -0.25) is 4.79 Å². The average Bonchev–Trinajstić information content (AvgIpc) is 2.65. The number of aliphatic hydroxyl groups is 1. The van der Waals surface area contributed by atoms with Crippen molar-refractivity contribution in [1.82, 2.24) is 15.3 Å². The maximum Gasteiger partial charge on any atom is 0.416 e. The lowest BCUT2D eigenvalue weighted by molar-refractivity contribution is -0.138. The molecule has 1 fully saturated rings. The van der Waals surface area contributed by atoms with Crippen molar-refractivity contribution in [2.24, 2.45) is 5.73 Å². The summed E-state index contributed by atoms with van der Waals surface area (Å²) < 4.78 is 57.9. The Morgan fingerprint density at radius 2 is 1.97 bits per heavy atom. The molecule has 3 rings (SSSR count). The van der Waals surface area contributed by atoms with Crippen LogP contribution in [-0.2, 0) is 27.9 Å². The predicted octanol–water partition coefficient (Wildman–Crippen LogP) is 1.47. The molecule has 1 aliphatic heterocycles. The van der Waals surface area contributed by atoms with E-state index in [1.807, 2.05) is 0 Å². The fourth-order valence-electron chi connectivity index (χ4n) is 2.79. The number of nitrogens with zero attached hydrogens (tertiary/aromatic N) is 2. The Balaban J connectivity index is 1.87. The monoisotopic (exact) mass is 412 g/mol. The van der Waals surface area contributed by atoms with E-state index in [0.29, 0.717) is 11.6 Å². The van der Waals surface area contributed by atoms with E-state index in [2.05, 4.69) is 15.3 Å². The van der Waals surface area contributed by atoms with Crippen LogP contribution in [-0.4, -0.2) is 34.2 Å². The van der Waals surface area contributed by atoms with Gasteiger partial charge in [0.15, 0.2) is 5.82 Å². The number of aliphatic hydroxyl groups excluding tert-OH is 1. The topological polar surface area (TPSA) is 110 Å². The first-order valence-corrected chi connectivity index (χ1v) is 8.32. The van der Waals surface area contributed by atoms with Crippen molar-refractivity contribution in [3.8, 4) is 0 Å². The van der Waals surface area contributed by atoms with E-state index in [1.54, 1.807) is 0 Å². The maximum atomic E-state index is 14.4. The first-order chi connectivity index (χ1) is 13.7. The van der Waals surface area contributed by atoms with Crippen molar-refractivity contribution < 1.29 is 32.2 Å². The Labute approximate surface area is 162 Å². The molecule has 0 atom stereocenters. The Bertz CT molecular complexity index is 941. The van der Waals surface area contributed by atoms with Gasteiger partial charge in [0.2, 0.25) is 0 Å². The minimum Gasteiger partial charge on any atom is -0.404 e. The molecule has 2 heterocycles. The van der Waals surface area contributed by atoms with Crippen molar-refractivity contribution in [3.63, 3.8) is 0 Å². The van der Waals surface area contributed by atoms with Gasteiger partial charge in [-0.05, 0) is 12.1 Å². The van der Waals surface area contributed by atoms with Gasteiger partial charge < -0.3 is 20.9 Å². The van der Waals surface area contributed by atoms with Crippen LogP contribution in [0, 0.1) is 5.82 Å². The van der Waals surface area contributed by atoms with Crippen LogP contribution in [0.1, 0.15) is 22.5 Å². The second-order valence-corrected chi connectivity index (χ2v) is 6.37. The molecule has 154 valence electrons. The van der Waals surface area contributed by atoms with E-state index in [4.69, 9.17) is 15.6 Å². The van der Waals surface area contributed by atoms with Gasteiger partial charge in [-0.1, -0.05) is 6.07 Å². The summed E-state index contributed by atoms with van der Waals surface area (Å²) in [5.74, 6) is -1.91. The molecule has 7 nitrogen and oxygen atoms in total. The largest absolute Gasteiger partial charge is 0.416 e. The van der Waals surface area contributed by atoms with E-state index in [9.17, 15) is 22.4 Å². The molecular formula is C18H16F4N4O3.